The largest absolute Gasteiger partial charge is 0.494 e. The summed E-state index contributed by atoms with van der Waals surface area (Å²) in [5, 5.41) is 0. The molecule has 0 saturated carbocycles. The first-order valence-corrected chi connectivity index (χ1v) is 14.7. The van der Waals surface area contributed by atoms with Crippen LogP contribution in [-0.2, 0) is 0 Å². The lowest BCUT2D eigenvalue weighted by Crippen LogP contribution is -2.01. The number of ether oxygens (including phenoxy) is 2. The summed E-state index contributed by atoms with van der Waals surface area (Å²) in [5.74, 6) is 4.43. The van der Waals surface area contributed by atoms with Gasteiger partial charge in [0.05, 0.1) is 18.8 Å². The fourth-order valence-electron chi connectivity index (χ4n) is 4.39. The fourth-order valence-corrected chi connectivity index (χ4v) is 4.39. The second-order valence-corrected chi connectivity index (χ2v) is 9.86. The van der Waals surface area contributed by atoms with Crippen molar-refractivity contribution < 1.29 is 9.47 Å². The molecule has 0 amide bonds. The van der Waals surface area contributed by atoms with Crippen LogP contribution in [0.1, 0.15) is 148 Å². The third-order valence-corrected chi connectivity index (χ3v) is 6.63. The molecule has 0 spiro atoms. The number of terminal acetylenes is 1. The van der Waals surface area contributed by atoms with Crippen LogP contribution in [-0.4, -0.2) is 13.2 Å². The van der Waals surface area contributed by atoms with Gasteiger partial charge in [-0.1, -0.05) is 135 Å². The number of benzene rings is 1. The molecular weight excluding hydrogens is 416 g/mol. The third kappa shape index (κ3) is 16.9. The Morgan fingerprint density at radius 3 is 1.41 bits per heavy atom. The summed E-state index contributed by atoms with van der Waals surface area (Å²) in [6.07, 6.45) is 32.4. The minimum absolute atomic E-state index is 0.740. The van der Waals surface area contributed by atoms with Crippen molar-refractivity contribution in [3.05, 3.63) is 23.8 Å². The smallest absolute Gasteiger partial charge is 0.135 e. The van der Waals surface area contributed by atoms with Crippen molar-refractivity contribution in [1.82, 2.24) is 0 Å². The zero-order valence-electron chi connectivity index (χ0n) is 22.7. The van der Waals surface area contributed by atoms with Crippen LogP contribution in [0.5, 0.6) is 11.5 Å². The molecular formula is C32H54O2. The minimum atomic E-state index is 0.740. The van der Waals surface area contributed by atoms with Gasteiger partial charge in [-0.3, -0.25) is 0 Å². The monoisotopic (exact) mass is 470 g/mol. The summed E-state index contributed by atoms with van der Waals surface area (Å²) in [7, 11) is 0. The molecule has 0 atom stereocenters. The van der Waals surface area contributed by atoms with Crippen LogP contribution in [0.2, 0.25) is 0 Å². The molecule has 0 aliphatic heterocycles. The molecule has 34 heavy (non-hydrogen) atoms. The van der Waals surface area contributed by atoms with Crippen molar-refractivity contribution in [3.8, 4) is 23.8 Å². The molecule has 0 bridgehead atoms. The van der Waals surface area contributed by atoms with Crippen molar-refractivity contribution >= 4 is 0 Å². The van der Waals surface area contributed by atoms with E-state index < -0.39 is 0 Å². The molecule has 1 aromatic rings. The maximum Gasteiger partial charge on any atom is 0.135 e. The molecule has 0 aliphatic rings. The first kappa shape index (κ1) is 30.4. The number of hydrogen-bond acceptors (Lipinski definition) is 2. The summed E-state index contributed by atoms with van der Waals surface area (Å²) in [4.78, 5) is 0. The highest BCUT2D eigenvalue weighted by Gasteiger charge is 2.05. The van der Waals surface area contributed by atoms with Crippen LogP contribution in [0.4, 0.5) is 0 Å². The van der Waals surface area contributed by atoms with E-state index in [0.717, 1.165) is 43.1 Å². The van der Waals surface area contributed by atoms with Gasteiger partial charge in [-0.05, 0) is 31.0 Å². The molecule has 0 N–H and O–H groups in total. The molecule has 2 heteroatoms. The predicted octanol–water partition coefficient (Wildman–Crippen LogP) is 10.3. The van der Waals surface area contributed by atoms with Crippen molar-refractivity contribution in [2.45, 2.75) is 142 Å². The number of hydrogen-bond donors (Lipinski definition) is 0. The van der Waals surface area contributed by atoms with Crippen LogP contribution in [0.25, 0.3) is 0 Å². The Bertz CT molecular complexity index is 616. The summed E-state index contributed by atoms with van der Waals surface area (Å²) in [6.45, 7) is 6.05. The lowest BCUT2D eigenvalue weighted by molar-refractivity contribution is 0.295. The highest BCUT2D eigenvalue weighted by atomic mass is 16.5. The van der Waals surface area contributed by atoms with Gasteiger partial charge in [-0.15, -0.1) is 6.42 Å². The molecule has 194 valence electrons. The Morgan fingerprint density at radius 1 is 0.559 bits per heavy atom. The van der Waals surface area contributed by atoms with Crippen molar-refractivity contribution in [3.63, 3.8) is 0 Å². The van der Waals surface area contributed by atoms with Crippen molar-refractivity contribution in [2.24, 2.45) is 0 Å². The molecule has 0 heterocycles. The maximum absolute atomic E-state index is 5.97. The second-order valence-electron chi connectivity index (χ2n) is 9.86. The van der Waals surface area contributed by atoms with Crippen LogP contribution in [0.3, 0.4) is 0 Å². The van der Waals surface area contributed by atoms with Crippen LogP contribution >= 0.6 is 0 Å². The SMILES string of the molecule is C#Cc1cc(OCCCCCCCCCCCC)ccc1OCCCCCCCCCCCC. The molecule has 1 rings (SSSR count). The average molecular weight is 471 g/mol. The summed E-state index contributed by atoms with van der Waals surface area (Å²) >= 11 is 0. The predicted molar refractivity (Wildman–Crippen MR) is 149 cm³/mol. The zero-order valence-corrected chi connectivity index (χ0v) is 22.7. The van der Waals surface area contributed by atoms with Gasteiger partial charge in [0.2, 0.25) is 0 Å². The van der Waals surface area contributed by atoms with E-state index in [1.165, 1.54) is 116 Å². The van der Waals surface area contributed by atoms with Gasteiger partial charge in [0, 0.05) is 0 Å². The third-order valence-electron chi connectivity index (χ3n) is 6.63. The van der Waals surface area contributed by atoms with E-state index in [-0.39, 0.29) is 0 Å². The molecule has 0 fully saturated rings. The van der Waals surface area contributed by atoms with E-state index in [9.17, 15) is 0 Å². The second kappa shape index (κ2) is 23.1. The lowest BCUT2D eigenvalue weighted by Gasteiger charge is -2.11. The highest BCUT2D eigenvalue weighted by molar-refractivity contribution is 5.49. The van der Waals surface area contributed by atoms with Gasteiger partial charge in [-0.25, -0.2) is 0 Å². The van der Waals surface area contributed by atoms with Crippen molar-refractivity contribution in [1.29, 1.82) is 0 Å². The van der Waals surface area contributed by atoms with Crippen LogP contribution < -0.4 is 9.47 Å². The van der Waals surface area contributed by atoms with Crippen molar-refractivity contribution in [2.75, 3.05) is 13.2 Å². The molecule has 0 unspecified atom stereocenters. The van der Waals surface area contributed by atoms with E-state index in [1.54, 1.807) is 0 Å². The minimum Gasteiger partial charge on any atom is -0.494 e. The van der Waals surface area contributed by atoms with Gasteiger partial charge in [0.25, 0.3) is 0 Å². The summed E-state index contributed by atoms with van der Waals surface area (Å²) in [6, 6.07) is 5.91. The standard InChI is InChI=1S/C32H54O2/c1-4-7-9-11-13-15-17-19-21-23-27-33-31-25-26-32(30(6-3)29-31)34-28-24-22-20-18-16-14-12-10-8-5-2/h3,25-26,29H,4-5,7-24,27-28H2,1-2H3. The first-order chi connectivity index (χ1) is 16.8. The molecule has 0 aliphatic carbocycles. The first-order valence-electron chi connectivity index (χ1n) is 14.7. The number of rotatable bonds is 24. The Kier molecular flexibility index (Phi) is 20.7. The Morgan fingerprint density at radius 2 is 0.971 bits per heavy atom. The topological polar surface area (TPSA) is 18.5 Å². The molecule has 2 nitrogen and oxygen atoms in total. The summed E-state index contributed by atoms with van der Waals surface area (Å²) < 4.78 is 11.9. The van der Waals surface area contributed by atoms with Gasteiger partial charge >= 0.3 is 0 Å². The number of unbranched alkanes of at least 4 members (excludes halogenated alkanes) is 18. The quantitative estimate of drug-likeness (QED) is 0.110. The van der Waals surface area contributed by atoms with E-state index in [0.29, 0.717) is 0 Å². The molecule has 0 radical (unpaired) electrons. The maximum atomic E-state index is 5.97. The summed E-state index contributed by atoms with van der Waals surface area (Å²) in [5.41, 5.74) is 0.799. The van der Waals surface area contributed by atoms with E-state index in [1.807, 2.05) is 18.2 Å². The molecule has 1 aromatic carbocycles. The Labute approximate surface area is 212 Å². The van der Waals surface area contributed by atoms with E-state index in [4.69, 9.17) is 15.9 Å². The molecule has 0 aromatic heterocycles. The van der Waals surface area contributed by atoms with E-state index in [2.05, 4.69) is 19.8 Å². The average Bonchev–Trinajstić information content (AvgIpc) is 2.86. The fraction of sp³-hybridized carbons (Fsp3) is 0.750. The Hall–Kier alpha value is -1.62. The van der Waals surface area contributed by atoms with Gasteiger partial charge in [-0.2, -0.15) is 0 Å². The highest BCUT2D eigenvalue weighted by Crippen LogP contribution is 2.24. The Balaban J connectivity index is 2.07. The van der Waals surface area contributed by atoms with Gasteiger partial charge < -0.3 is 9.47 Å². The van der Waals surface area contributed by atoms with Gasteiger partial charge in [0.15, 0.2) is 0 Å². The molecule has 0 saturated heterocycles. The van der Waals surface area contributed by atoms with Crippen LogP contribution in [0.15, 0.2) is 18.2 Å². The lowest BCUT2D eigenvalue weighted by atomic mass is 10.1. The van der Waals surface area contributed by atoms with E-state index >= 15 is 0 Å². The normalized spacial score (nSPS) is 10.9. The van der Waals surface area contributed by atoms with Gasteiger partial charge in [0.1, 0.15) is 11.5 Å². The van der Waals surface area contributed by atoms with Crippen LogP contribution in [0, 0.1) is 12.3 Å². The zero-order chi connectivity index (χ0) is 24.5.